The summed E-state index contributed by atoms with van der Waals surface area (Å²) < 4.78 is 5.23. The molecule has 1 fully saturated rings. The molecule has 0 unspecified atom stereocenters. The number of piperidine rings is 1. The highest BCUT2D eigenvalue weighted by molar-refractivity contribution is 6.47. The maximum atomic E-state index is 13.5. The molecule has 2 heterocycles. The number of carbonyl (C=O) groups is 2. The molecule has 0 aliphatic carbocycles. The third-order valence-electron chi connectivity index (χ3n) is 5.63. The summed E-state index contributed by atoms with van der Waals surface area (Å²) in [6, 6.07) is 14.2. The molecule has 2 aromatic rings. The number of rotatable bonds is 4. The summed E-state index contributed by atoms with van der Waals surface area (Å²) in [6.07, 6.45) is 1.99. The monoisotopic (exact) mass is 410 g/mol. The Bertz CT molecular complexity index is 976. The van der Waals surface area contributed by atoms with Crippen molar-refractivity contribution in [3.63, 3.8) is 0 Å². The zero-order valence-electron chi connectivity index (χ0n) is 16.5. The Morgan fingerprint density at radius 2 is 1.62 bits per heavy atom. The van der Waals surface area contributed by atoms with Crippen LogP contribution in [0.2, 0.25) is 5.02 Å². The molecule has 2 aromatic carbocycles. The number of amides is 2. The van der Waals surface area contributed by atoms with Gasteiger partial charge in [-0.2, -0.15) is 0 Å². The highest BCUT2D eigenvalue weighted by Gasteiger charge is 2.43. The van der Waals surface area contributed by atoms with Crippen molar-refractivity contribution >= 4 is 34.7 Å². The Morgan fingerprint density at radius 3 is 2.24 bits per heavy atom. The van der Waals surface area contributed by atoms with Crippen molar-refractivity contribution in [2.75, 3.05) is 25.1 Å². The fourth-order valence-electron chi connectivity index (χ4n) is 3.91. The Hall–Kier alpha value is -2.79. The lowest BCUT2D eigenvalue weighted by Crippen LogP contribution is -2.38. The summed E-state index contributed by atoms with van der Waals surface area (Å²) >= 11 is 6.33. The lowest BCUT2D eigenvalue weighted by molar-refractivity contribution is -0.120. The van der Waals surface area contributed by atoms with E-state index >= 15 is 0 Å². The average Bonchev–Trinajstić information content (AvgIpc) is 2.99. The minimum atomic E-state index is -0.345. The van der Waals surface area contributed by atoms with E-state index in [1.165, 1.54) is 4.90 Å². The molecule has 0 atom stereocenters. The molecule has 150 valence electrons. The molecule has 6 heteroatoms. The van der Waals surface area contributed by atoms with Crippen LogP contribution < -0.4 is 9.64 Å². The van der Waals surface area contributed by atoms with E-state index in [0.29, 0.717) is 39.2 Å². The zero-order valence-corrected chi connectivity index (χ0v) is 17.3. The maximum Gasteiger partial charge on any atom is 0.282 e. The van der Waals surface area contributed by atoms with Gasteiger partial charge in [-0.25, -0.2) is 4.90 Å². The molecule has 5 nitrogen and oxygen atoms in total. The second-order valence-corrected chi connectivity index (χ2v) is 7.93. The van der Waals surface area contributed by atoms with Crippen LogP contribution in [0.3, 0.4) is 0 Å². The van der Waals surface area contributed by atoms with Crippen LogP contribution in [0.15, 0.2) is 54.2 Å². The fourth-order valence-corrected chi connectivity index (χ4v) is 4.13. The highest BCUT2D eigenvalue weighted by Crippen LogP contribution is 2.38. The van der Waals surface area contributed by atoms with Gasteiger partial charge in [-0.1, -0.05) is 42.8 Å². The largest absolute Gasteiger partial charge is 0.497 e. The predicted molar refractivity (Wildman–Crippen MR) is 114 cm³/mol. The van der Waals surface area contributed by atoms with Crippen molar-refractivity contribution in [2.45, 2.75) is 19.8 Å². The number of imide groups is 1. The topological polar surface area (TPSA) is 49.9 Å². The van der Waals surface area contributed by atoms with Crippen molar-refractivity contribution in [3.8, 4) is 5.75 Å². The number of likely N-dealkylation sites (tertiary alicyclic amines) is 1. The van der Waals surface area contributed by atoms with Gasteiger partial charge in [0.15, 0.2) is 0 Å². The van der Waals surface area contributed by atoms with Crippen molar-refractivity contribution in [2.24, 2.45) is 5.92 Å². The number of ether oxygens (including phenoxy) is 1. The molecule has 29 heavy (non-hydrogen) atoms. The number of nitrogens with zero attached hydrogens (tertiary/aromatic N) is 2. The molecule has 4 rings (SSSR count). The zero-order chi connectivity index (χ0) is 20.5. The smallest absolute Gasteiger partial charge is 0.282 e. The summed E-state index contributed by atoms with van der Waals surface area (Å²) in [5.41, 5.74) is 2.00. The minimum Gasteiger partial charge on any atom is -0.497 e. The SMILES string of the molecule is COc1ccc(C2=C(N3CCC(C)CC3)C(=O)N(c3ccccc3Cl)C2=O)cc1. The molecule has 0 saturated carbocycles. The summed E-state index contributed by atoms with van der Waals surface area (Å²) in [5.74, 6) is 0.649. The summed E-state index contributed by atoms with van der Waals surface area (Å²) in [5, 5.41) is 0.372. The number of hydrogen-bond acceptors (Lipinski definition) is 4. The Labute approximate surface area is 175 Å². The van der Waals surface area contributed by atoms with E-state index in [9.17, 15) is 9.59 Å². The number of benzene rings is 2. The van der Waals surface area contributed by atoms with Crippen LogP contribution in [0.4, 0.5) is 5.69 Å². The Balaban J connectivity index is 1.81. The maximum absolute atomic E-state index is 13.5. The van der Waals surface area contributed by atoms with Crippen molar-refractivity contribution < 1.29 is 14.3 Å². The number of halogens is 1. The third kappa shape index (κ3) is 3.51. The van der Waals surface area contributed by atoms with Crippen molar-refractivity contribution in [3.05, 3.63) is 64.8 Å². The van der Waals surface area contributed by atoms with E-state index in [1.54, 1.807) is 43.5 Å². The molecule has 2 amide bonds. The van der Waals surface area contributed by atoms with Crippen LogP contribution in [-0.2, 0) is 9.59 Å². The first-order chi connectivity index (χ1) is 14.0. The van der Waals surface area contributed by atoms with Gasteiger partial charge in [-0.05, 0) is 48.6 Å². The first-order valence-corrected chi connectivity index (χ1v) is 10.2. The number of methoxy groups -OCH3 is 1. The van der Waals surface area contributed by atoms with Gasteiger partial charge < -0.3 is 9.64 Å². The second kappa shape index (κ2) is 7.91. The lowest BCUT2D eigenvalue weighted by atomic mass is 9.97. The highest BCUT2D eigenvalue weighted by atomic mass is 35.5. The van der Waals surface area contributed by atoms with Crippen LogP contribution in [0, 0.1) is 5.92 Å². The lowest BCUT2D eigenvalue weighted by Gasteiger charge is -2.32. The second-order valence-electron chi connectivity index (χ2n) is 7.52. The Morgan fingerprint density at radius 1 is 0.966 bits per heavy atom. The first-order valence-electron chi connectivity index (χ1n) is 9.78. The molecule has 2 aliphatic heterocycles. The molecule has 1 saturated heterocycles. The van der Waals surface area contributed by atoms with Crippen molar-refractivity contribution in [1.82, 2.24) is 4.90 Å². The normalized spacial score (nSPS) is 18.0. The van der Waals surface area contributed by atoms with Gasteiger partial charge in [-0.3, -0.25) is 9.59 Å². The number of anilines is 1. The van der Waals surface area contributed by atoms with Crippen molar-refractivity contribution in [1.29, 1.82) is 0 Å². The van der Waals surface area contributed by atoms with Crippen LogP contribution in [0.25, 0.3) is 5.57 Å². The first kappa shape index (κ1) is 19.5. The minimum absolute atomic E-state index is 0.316. The van der Waals surface area contributed by atoms with Gasteiger partial charge in [-0.15, -0.1) is 0 Å². The van der Waals surface area contributed by atoms with Crippen LogP contribution in [0.5, 0.6) is 5.75 Å². The molecular weight excluding hydrogens is 388 g/mol. The van der Waals surface area contributed by atoms with Gasteiger partial charge in [0.1, 0.15) is 11.4 Å². The molecule has 0 aromatic heterocycles. The van der Waals surface area contributed by atoms with E-state index in [0.717, 1.165) is 25.9 Å². The molecule has 0 N–H and O–H groups in total. The van der Waals surface area contributed by atoms with Gasteiger partial charge in [0.25, 0.3) is 11.8 Å². The van der Waals surface area contributed by atoms with E-state index in [2.05, 4.69) is 11.8 Å². The number of carbonyl (C=O) groups excluding carboxylic acids is 2. The van der Waals surface area contributed by atoms with Crippen LogP contribution >= 0.6 is 11.6 Å². The molecule has 2 aliphatic rings. The van der Waals surface area contributed by atoms with E-state index in [-0.39, 0.29) is 11.8 Å². The third-order valence-corrected chi connectivity index (χ3v) is 5.95. The van der Waals surface area contributed by atoms with Gasteiger partial charge in [0.05, 0.1) is 23.4 Å². The predicted octanol–water partition coefficient (Wildman–Crippen LogP) is 4.37. The molecule has 0 spiro atoms. The summed E-state index contributed by atoms with van der Waals surface area (Å²) in [6.45, 7) is 3.73. The van der Waals surface area contributed by atoms with Crippen LogP contribution in [0.1, 0.15) is 25.3 Å². The van der Waals surface area contributed by atoms with Gasteiger partial charge >= 0.3 is 0 Å². The van der Waals surface area contributed by atoms with E-state index < -0.39 is 0 Å². The summed E-state index contributed by atoms with van der Waals surface area (Å²) in [7, 11) is 1.60. The molecular formula is C23H23ClN2O3. The summed E-state index contributed by atoms with van der Waals surface area (Å²) in [4.78, 5) is 30.2. The van der Waals surface area contributed by atoms with E-state index in [1.807, 2.05) is 12.1 Å². The quantitative estimate of drug-likeness (QED) is 0.702. The number of hydrogen-bond donors (Lipinski definition) is 0. The Kier molecular flexibility index (Phi) is 5.33. The standard InChI is InChI=1S/C23H23ClN2O3/c1-15-11-13-25(14-12-15)21-20(16-7-9-17(29-2)10-8-16)22(27)26(23(21)28)19-6-4-3-5-18(19)24/h3-10,15H,11-14H2,1-2H3. The number of para-hydroxylation sites is 1. The molecule has 0 radical (unpaired) electrons. The average molecular weight is 411 g/mol. The van der Waals surface area contributed by atoms with E-state index in [4.69, 9.17) is 16.3 Å². The van der Waals surface area contributed by atoms with Crippen LogP contribution in [-0.4, -0.2) is 36.9 Å². The van der Waals surface area contributed by atoms with Gasteiger partial charge in [0.2, 0.25) is 0 Å². The molecule has 0 bridgehead atoms. The fraction of sp³-hybridized carbons (Fsp3) is 0.304. The van der Waals surface area contributed by atoms with Gasteiger partial charge in [0, 0.05) is 13.1 Å².